The predicted molar refractivity (Wildman–Crippen MR) is 145 cm³/mol. The summed E-state index contributed by atoms with van der Waals surface area (Å²) in [5, 5.41) is 1.82. The van der Waals surface area contributed by atoms with E-state index in [0.29, 0.717) is 23.3 Å². The van der Waals surface area contributed by atoms with Gasteiger partial charge in [-0.25, -0.2) is 17.7 Å². The van der Waals surface area contributed by atoms with E-state index in [4.69, 9.17) is 17.8 Å². The van der Waals surface area contributed by atoms with Crippen LogP contribution in [0.25, 0.3) is 0 Å². The number of carbonyl (C=O) groups excluding carboxylic acids is 1. The van der Waals surface area contributed by atoms with Crippen LogP contribution in [0.4, 0.5) is 0 Å². The Labute approximate surface area is 221 Å². The molecule has 2 aliphatic heterocycles. The lowest BCUT2D eigenvalue weighted by Crippen LogP contribution is -2.54. The number of likely N-dealkylation sites (tertiary alicyclic amines) is 1. The number of hydrogen-bond acceptors (Lipinski definition) is 6. The Morgan fingerprint density at radius 3 is 1.72 bits per heavy atom. The van der Waals surface area contributed by atoms with E-state index in [1.807, 2.05) is 23.4 Å². The highest BCUT2D eigenvalue weighted by molar-refractivity contribution is 7.84. The monoisotopic (exact) mass is 528 g/mol. The quantitative estimate of drug-likeness (QED) is 0.104. The van der Waals surface area contributed by atoms with Gasteiger partial charge in [0.25, 0.3) is 0 Å². The summed E-state index contributed by atoms with van der Waals surface area (Å²) in [5.74, 6) is 0.396. The number of nitrogens with zero attached hydrogens (tertiary/aromatic N) is 2. The smallest absolute Gasteiger partial charge is 0.315 e. The van der Waals surface area contributed by atoms with E-state index in [-0.39, 0.29) is 0 Å². The van der Waals surface area contributed by atoms with Crippen molar-refractivity contribution in [1.29, 1.82) is 0 Å². The molecule has 0 aliphatic carbocycles. The van der Waals surface area contributed by atoms with Gasteiger partial charge in [0.05, 0.1) is 29.6 Å². The first-order chi connectivity index (χ1) is 17.3. The zero-order valence-corrected chi connectivity index (χ0v) is 23.8. The van der Waals surface area contributed by atoms with Gasteiger partial charge in [0.15, 0.2) is 6.67 Å². The third-order valence-electron chi connectivity index (χ3n) is 6.99. The van der Waals surface area contributed by atoms with Gasteiger partial charge < -0.3 is 9.39 Å². The molecule has 1 atom stereocenters. The van der Waals surface area contributed by atoms with Crippen molar-refractivity contribution in [2.45, 2.75) is 122 Å². The molecular formula is C28H52N2O5S. The van der Waals surface area contributed by atoms with Crippen LogP contribution in [-0.2, 0) is 19.8 Å². The Bertz CT molecular complexity index is 730. The number of quaternary nitrogens is 1. The number of hydroxylamine groups is 2. The Morgan fingerprint density at radius 2 is 1.33 bits per heavy atom. The molecule has 8 heteroatoms. The molecule has 0 aromatic carbocycles. The fraction of sp³-hybridized carbons (Fsp3) is 0.821. The Kier molecular flexibility index (Phi) is 17.9. The van der Waals surface area contributed by atoms with Crippen LogP contribution in [0.5, 0.6) is 0 Å². The van der Waals surface area contributed by atoms with Crippen molar-refractivity contribution in [2.75, 3.05) is 26.0 Å². The minimum absolute atomic E-state index is 0.396. The molecule has 7 nitrogen and oxygen atoms in total. The van der Waals surface area contributed by atoms with Crippen molar-refractivity contribution in [2.24, 2.45) is 0 Å². The van der Waals surface area contributed by atoms with Gasteiger partial charge in [-0.1, -0.05) is 96.8 Å². The second kappa shape index (κ2) is 19.7. The Hall–Kier alpha value is -1.38. The van der Waals surface area contributed by atoms with Crippen LogP contribution in [0, 0.1) is 0 Å². The molecule has 36 heavy (non-hydrogen) atoms. The van der Waals surface area contributed by atoms with Crippen LogP contribution in [-0.4, -0.2) is 54.4 Å². The second-order valence-corrected chi connectivity index (χ2v) is 11.8. The van der Waals surface area contributed by atoms with Crippen LogP contribution >= 0.6 is 0 Å². The van der Waals surface area contributed by atoms with Gasteiger partial charge in [0.1, 0.15) is 6.26 Å². The molecule has 1 saturated heterocycles. The van der Waals surface area contributed by atoms with Crippen LogP contribution in [0.1, 0.15) is 122 Å². The van der Waals surface area contributed by atoms with Gasteiger partial charge in [-0.3, -0.25) is 0 Å². The summed E-state index contributed by atoms with van der Waals surface area (Å²) in [6.45, 7) is 4.87. The van der Waals surface area contributed by atoms with Crippen LogP contribution in [0.2, 0.25) is 0 Å². The molecule has 1 fully saturated rings. The van der Waals surface area contributed by atoms with E-state index in [1.54, 1.807) is 6.26 Å². The normalized spacial score (nSPS) is 19.3. The minimum atomic E-state index is -3.92. The SMILES string of the molecule is CCCCCCCCCCCCCCCCCC[N+]1(CN2C=CC=CO2)CCCC1=O.CS(=O)(=O)[O-]. The first-order valence-electron chi connectivity index (χ1n) is 14.3. The molecule has 0 spiro atoms. The van der Waals surface area contributed by atoms with Gasteiger partial charge in [-0.2, -0.15) is 5.06 Å². The van der Waals surface area contributed by atoms with Crippen molar-refractivity contribution in [3.05, 3.63) is 24.6 Å². The number of rotatable bonds is 19. The summed E-state index contributed by atoms with van der Waals surface area (Å²) < 4.78 is 27.8. The molecule has 2 rings (SSSR count). The maximum Gasteiger partial charge on any atom is 0.315 e. The highest BCUT2D eigenvalue weighted by Gasteiger charge is 2.42. The van der Waals surface area contributed by atoms with E-state index in [9.17, 15) is 4.79 Å². The van der Waals surface area contributed by atoms with Gasteiger partial charge in [-0.15, -0.1) is 0 Å². The second-order valence-electron chi connectivity index (χ2n) is 10.4. The fourth-order valence-electron chi connectivity index (χ4n) is 5.00. The molecule has 0 aromatic rings. The zero-order valence-electron chi connectivity index (χ0n) is 23.0. The fourth-order valence-corrected chi connectivity index (χ4v) is 5.00. The standard InChI is InChI=1S/C27H49N2O2.CH4O3S/c1-2-3-4-5-6-7-8-9-10-11-12-13-14-15-16-18-23-29(24-20-21-27(29)30)26-28-22-17-19-25-31-28;1-5(2,3)4/h17,19,22,25H,2-16,18,20-21,23-24,26H2,1H3;1H3,(H,2,3,4)/q+1;/p-1. The number of unbranched alkanes of at least 4 members (excludes halogenated alkanes) is 15. The molecule has 2 heterocycles. The lowest BCUT2D eigenvalue weighted by atomic mass is 10.0. The van der Waals surface area contributed by atoms with E-state index < -0.39 is 10.1 Å². The largest absolute Gasteiger partial charge is 0.748 e. The van der Waals surface area contributed by atoms with Crippen molar-refractivity contribution in [1.82, 2.24) is 5.06 Å². The van der Waals surface area contributed by atoms with Gasteiger partial charge in [-0.05, 0) is 25.0 Å². The number of hydrogen-bond donors (Lipinski definition) is 0. The molecule has 0 bridgehead atoms. The molecule has 0 N–H and O–H groups in total. The highest BCUT2D eigenvalue weighted by Crippen LogP contribution is 2.24. The zero-order chi connectivity index (χ0) is 26.5. The first kappa shape index (κ1) is 32.6. The molecular weight excluding hydrogens is 476 g/mol. The van der Waals surface area contributed by atoms with Crippen LogP contribution < -0.4 is 0 Å². The lowest BCUT2D eigenvalue weighted by molar-refractivity contribution is -0.861. The van der Waals surface area contributed by atoms with Crippen LogP contribution in [0.3, 0.4) is 0 Å². The van der Waals surface area contributed by atoms with E-state index in [0.717, 1.165) is 32.4 Å². The molecule has 0 saturated carbocycles. The van der Waals surface area contributed by atoms with Crippen molar-refractivity contribution in [3.63, 3.8) is 0 Å². The molecule has 0 aromatic heterocycles. The Balaban J connectivity index is 0.00000118. The minimum Gasteiger partial charge on any atom is -0.748 e. The lowest BCUT2D eigenvalue weighted by Gasteiger charge is -2.35. The number of amides is 1. The average molecular weight is 529 g/mol. The third kappa shape index (κ3) is 17.1. The molecule has 1 amide bonds. The average Bonchev–Trinajstić information content (AvgIpc) is 3.18. The third-order valence-corrected chi connectivity index (χ3v) is 6.99. The van der Waals surface area contributed by atoms with E-state index in [1.165, 1.54) is 96.3 Å². The molecule has 0 radical (unpaired) electrons. The van der Waals surface area contributed by atoms with Gasteiger partial charge >= 0.3 is 5.91 Å². The van der Waals surface area contributed by atoms with Gasteiger partial charge in [0.2, 0.25) is 0 Å². The maximum atomic E-state index is 12.6. The topological polar surface area (TPSA) is 86.7 Å². The van der Waals surface area contributed by atoms with Gasteiger partial charge in [0, 0.05) is 18.9 Å². The summed E-state index contributed by atoms with van der Waals surface area (Å²) in [7, 11) is -3.92. The summed E-state index contributed by atoms with van der Waals surface area (Å²) in [6, 6.07) is 0. The maximum absolute atomic E-state index is 12.6. The molecule has 1 unspecified atom stereocenters. The Morgan fingerprint density at radius 1 is 0.861 bits per heavy atom. The molecule has 2 aliphatic rings. The summed E-state index contributed by atoms with van der Waals surface area (Å²) >= 11 is 0. The predicted octanol–water partition coefficient (Wildman–Crippen LogP) is 6.78. The summed E-state index contributed by atoms with van der Waals surface area (Å²) in [6.07, 6.45) is 32.0. The van der Waals surface area contributed by atoms with Crippen molar-refractivity contribution >= 4 is 16.0 Å². The van der Waals surface area contributed by atoms with Crippen molar-refractivity contribution < 1.29 is 27.1 Å². The van der Waals surface area contributed by atoms with Crippen molar-refractivity contribution in [3.8, 4) is 0 Å². The number of allylic oxidation sites excluding steroid dienone is 2. The first-order valence-corrected chi connectivity index (χ1v) is 16.2. The summed E-state index contributed by atoms with van der Waals surface area (Å²) in [5.41, 5.74) is 0. The molecule has 210 valence electrons. The van der Waals surface area contributed by atoms with Crippen LogP contribution in [0.15, 0.2) is 24.6 Å². The summed E-state index contributed by atoms with van der Waals surface area (Å²) in [4.78, 5) is 18.2. The highest BCUT2D eigenvalue weighted by atomic mass is 32.2. The van der Waals surface area contributed by atoms with E-state index in [2.05, 4.69) is 6.92 Å². The van der Waals surface area contributed by atoms with E-state index >= 15 is 0 Å². The number of carbonyl (C=O) groups is 1.